The van der Waals surface area contributed by atoms with E-state index in [1.807, 2.05) is 6.07 Å². The molecule has 2 radical (unpaired) electrons. The van der Waals surface area contributed by atoms with Crippen molar-refractivity contribution in [2.24, 2.45) is 5.92 Å². The van der Waals surface area contributed by atoms with Crippen LogP contribution >= 0.6 is 0 Å². The number of benzene rings is 1. The molecule has 4 atom stereocenters. The fourth-order valence-corrected chi connectivity index (χ4v) is 7.48. The summed E-state index contributed by atoms with van der Waals surface area (Å²) < 4.78 is 6.29. The molecule has 0 spiro atoms. The van der Waals surface area contributed by atoms with Gasteiger partial charge in [-0.25, -0.2) is 0 Å². The van der Waals surface area contributed by atoms with Crippen molar-refractivity contribution >= 4 is 15.3 Å². The van der Waals surface area contributed by atoms with Crippen LogP contribution in [-0.4, -0.2) is 21.4 Å². The summed E-state index contributed by atoms with van der Waals surface area (Å²) in [5.74, 6) is 0.936. The van der Waals surface area contributed by atoms with Gasteiger partial charge in [-0.3, -0.25) is 4.79 Å². The van der Waals surface area contributed by atoms with Crippen LogP contribution in [0, 0.1) is 18.9 Å². The molecule has 1 aliphatic carbocycles. The Kier molecular flexibility index (Phi) is 7.50. The minimum atomic E-state index is -0.0504. The minimum absolute atomic E-state index is 0.0504. The second-order valence-electron chi connectivity index (χ2n) is 8.16. The molecular weight excluding hydrogens is 336 g/mol. The maximum atomic E-state index is 13.0. The van der Waals surface area contributed by atoms with E-state index in [0.717, 1.165) is 30.9 Å². The van der Waals surface area contributed by atoms with Gasteiger partial charge >= 0.3 is 0 Å². The lowest BCUT2D eigenvalue weighted by molar-refractivity contribution is -0.135. The summed E-state index contributed by atoms with van der Waals surface area (Å²) in [7, 11) is -0.0504. The fraction of sp³-hybridized carbons (Fsp3) is 0.609. The Bertz CT molecular complexity index is 559. The summed E-state index contributed by atoms with van der Waals surface area (Å²) in [5.41, 5.74) is 2.07. The lowest BCUT2D eigenvalue weighted by Crippen LogP contribution is -2.44. The minimum Gasteiger partial charge on any atom is -0.360 e. The summed E-state index contributed by atoms with van der Waals surface area (Å²) in [6.45, 7) is 6.28. The first-order chi connectivity index (χ1) is 12.7. The molecule has 3 aliphatic rings. The third-order valence-corrected chi connectivity index (χ3v) is 8.78. The topological polar surface area (TPSA) is 26.3 Å². The van der Waals surface area contributed by atoms with E-state index in [1.165, 1.54) is 37.3 Å². The van der Waals surface area contributed by atoms with Gasteiger partial charge in [-0.2, -0.15) is 0 Å². The van der Waals surface area contributed by atoms with Crippen LogP contribution in [0.15, 0.2) is 30.3 Å². The molecule has 2 aliphatic heterocycles. The van der Waals surface area contributed by atoms with Crippen LogP contribution in [0.4, 0.5) is 0 Å². The van der Waals surface area contributed by atoms with Gasteiger partial charge in [0.25, 0.3) is 0 Å². The predicted molar refractivity (Wildman–Crippen MR) is 111 cm³/mol. The maximum absolute atomic E-state index is 13.0. The van der Waals surface area contributed by atoms with Crippen LogP contribution in [0.2, 0.25) is 11.6 Å². The largest absolute Gasteiger partial charge is 0.360 e. The lowest BCUT2D eigenvalue weighted by Gasteiger charge is -2.46. The molecule has 4 unspecified atom stereocenters. The quantitative estimate of drug-likeness (QED) is 0.415. The van der Waals surface area contributed by atoms with Gasteiger partial charge in [0.1, 0.15) is 0 Å². The van der Waals surface area contributed by atoms with Gasteiger partial charge in [0.15, 0.2) is 11.9 Å². The van der Waals surface area contributed by atoms with Gasteiger partial charge < -0.3 is 4.74 Å². The van der Waals surface area contributed by atoms with Crippen molar-refractivity contribution in [2.75, 3.05) is 0 Å². The molecule has 4 rings (SSSR count). The Morgan fingerprint density at radius 1 is 1.31 bits per heavy atom. The number of rotatable bonds is 10. The Balaban J connectivity index is 1.58. The number of hydrogen-bond acceptors (Lipinski definition) is 2. The lowest BCUT2D eigenvalue weighted by atomic mass is 9.76. The number of hydrogen-bond donors (Lipinski definition) is 0. The molecule has 1 aromatic rings. The number of carbonyl (C=O) groups excluding carboxylic acids is 1. The first-order valence-corrected chi connectivity index (χ1v) is 12.5. The first-order valence-electron chi connectivity index (χ1n) is 10.6. The highest BCUT2D eigenvalue weighted by atomic mass is 28.2. The fourth-order valence-electron chi connectivity index (χ4n) is 4.83. The summed E-state index contributed by atoms with van der Waals surface area (Å²) in [4.78, 5) is 13.0. The Hall–Kier alpha value is -0.933. The van der Waals surface area contributed by atoms with Crippen LogP contribution < -0.4 is 0 Å². The molecule has 26 heavy (non-hydrogen) atoms. The molecule has 2 nitrogen and oxygen atoms in total. The van der Waals surface area contributed by atoms with Crippen LogP contribution in [0.25, 0.3) is 0 Å². The summed E-state index contributed by atoms with van der Waals surface area (Å²) in [6.07, 6.45) is 9.82. The molecule has 2 saturated heterocycles. The van der Waals surface area contributed by atoms with Crippen LogP contribution in [-0.2, 0) is 9.53 Å². The molecule has 1 aromatic carbocycles. The van der Waals surface area contributed by atoms with Crippen molar-refractivity contribution in [3.8, 4) is 0 Å². The molecule has 142 valence electrons. The van der Waals surface area contributed by atoms with E-state index >= 15 is 0 Å². The second-order valence-corrected chi connectivity index (χ2v) is 10.5. The van der Waals surface area contributed by atoms with E-state index in [4.69, 9.17) is 4.74 Å². The van der Waals surface area contributed by atoms with Gasteiger partial charge in [-0.05, 0) is 48.6 Å². The first kappa shape index (κ1) is 19.8. The van der Waals surface area contributed by atoms with Crippen molar-refractivity contribution in [1.29, 1.82) is 0 Å². The average Bonchev–Trinajstić information content (AvgIpc) is 2.69. The van der Waals surface area contributed by atoms with E-state index in [9.17, 15) is 4.79 Å². The highest BCUT2D eigenvalue weighted by molar-refractivity contribution is 6.38. The molecule has 3 fully saturated rings. The van der Waals surface area contributed by atoms with Crippen LogP contribution in [0.5, 0.6) is 0 Å². The number of carbonyl (C=O) groups is 1. The SMILES string of the molecule is [CH2]CCC(CC(=O)[C]1OC2CCC1CC2[SiH2]CCCC)c1ccccc1. The summed E-state index contributed by atoms with van der Waals surface area (Å²) >= 11 is 0. The normalized spacial score (nSPS) is 27.2. The van der Waals surface area contributed by atoms with Crippen molar-refractivity contribution in [3.05, 3.63) is 48.9 Å². The molecule has 0 amide bonds. The van der Waals surface area contributed by atoms with Crippen LogP contribution in [0.3, 0.4) is 0 Å². The van der Waals surface area contributed by atoms with E-state index in [0.29, 0.717) is 18.4 Å². The zero-order valence-corrected chi connectivity index (χ0v) is 17.7. The average molecular weight is 371 g/mol. The van der Waals surface area contributed by atoms with Gasteiger partial charge in [-0.1, -0.05) is 69.5 Å². The Morgan fingerprint density at radius 2 is 2.12 bits per heavy atom. The van der Waals surface area contributed by atoms with Gasteiger partial charge in [0, 0.05) is 15.9 Å². The smallest absolute Gasteiger partial charge is 0.169 e. The second kappa shape index (κ2) is 9.84. The van der Waals surface area contributed by atoms with Crippen molar-refractivity contribution < 1.29 is 9.53 Å². The number of ether oxygens (including phenoxy) is 1. The van der Waals surface area contributed by atoms with E-state index in [2.05, 4.69) is 38.1 Å². The molecule has 3 heteroatoms. The molecule has 0 N–H and O–H groups in total. The predicted octanol–water partition coefficient (Wildman–Crippen LogP) is 5.25. The zero-order chi connectivity index (χ0) is 18.4. The Labute approximate surface area is 161 Å². The molecule has 1 saturated carbocycles. The highest BCUT2D eigenvalue weighted by Gasteiger charge is 2.46. The third kappa shape index (κ3) is 4.86. The number of ketones is 1. The van der Waals surface area contributed by atoms with Crippen molar-refractivity contribution in [1.82, 2.24) is 0 Å². The zero-order valence-electron chi connectivity index (χ0n) is 16.3. The molecule has 2 heterocycles. The standard InChI is InChI=1S/C23H34O2Si/c1-3-5-14-26-22-16-19-12-13-21(22)25-23(19)20(24)15-18(9-4-2)17-10-7-6-8-11-17/h6-8,10-11,18-19,21-22H,2-5,9,12-16,26H2,1H3. The Morgan fingerprint density at radius 3 is 2.77 bits per heavy atom. The monoisotopic (exact) mass is 370 g/mol. The highest BCUT2D eigenvalue weighted by Crippen LogP contribution is 2.48. The molecule has 0 aromatic heterocycles. The molecule has 2 bridgehead atoms. The van der Waals surface area contributed by atoms with E-state index in [1.54, 1.807) is 0 Å². The summed E-state index contributed by atoms with van der Waals surface area (Å²) in [5, 5.41) is 0. The van der Waals surface area contributed by atoms with Crippen molar-refractivity contribution in [3.63, 3.8) is 0 Å². The van der Waals surface area contributed by atoms with Gasteiger partial charge in [0.05, 0.1) is 6.10 Å². The van der Waals surface area contributed by atoms with Crippen molar-refractivity contribution in [2.45, 2.75) is 81.9 Å². The van der Waals surface area contributed by atoms with Crippen LogP contribution in [0.1, 0.15) is 69.8 Å². The van der Waals surface area contributed by atoms with E-state index < -0.39 is 0 Å². The molecular formula is C23H34O2Si. The maximum Gasteiger partial charge on any atom is 0.169 e. The third-order valence-electron chi connectivity index (χ3n) is 6.27. The van der Waals surface area contributed by atoms with E-state index in [-0.39, 0.29) is 21.2 Å². The summed E-state index contributed by atoms with van der Waals surface area (Å²) in [6, 6.07) is 11.9. The number of Topliss-reactive ketones (excluding diaryl/α,β-unsaturated/α-hetero) is 1. The van der Waals surface area contributed by atoms with Gasteiger partial charge in [0.2, 0.25) is 0 Å². The number of unbranched alkanes of at least 4 members (excludes halogenated alkanes) is 1. The van der Waals surface area contributed by atoms with Gasteiger partial charge in [-0.15, -0.1) is 0 Å². The number of fused-ring (bicyclic) bond motifs is 3.